The number of piperidine rings is 1. The maximum absolute atomic E-state index is 13.6. The summed E-state index contributed by atoms with van der Waals surface area (Å²) in [5.41, 5.74) is 0.557. The van der Waals surface area contributed by atoms with Crippen molar-refractivity contribution in [2.75, 3.05) is 29.9 Å². The van der Waals surface area contributed by atoms with E-state index in [-0.39, 0.29) is 35.4 Å². The van der Waals surface area contributed by atoms with Gasteiger partial charge in [-0.25, -0.2) is 9.78 Å². The number of carbonyl (C=O) groups is 3. The van der Waals surface area contributed by atoms with Crippen molar-refractivity contribution in [1.29, 1.82) is 0 Å². The number of nitrogens with zero attached hydrogens (tertiary/aromatic N) is 7. The zero-order chi connectivity index (χ0) is 42.2. The van der Waals surface area contributed by atoms with Crippen molar-refractivity contribution in [3.8, 4) is 0 Å². The molecular weight excluding hydrogens is 780 g/mol. The third kappa shape index (κ3) is 7.24. The van der Waals surface area contributed by atoms with Crippen molar-refractivity contribution >= 4 is 51.0 Å². The largest absolute Gasteiger partial charge is 0.433 e. The maximum atomic E-state index is 13.6. The Bertz CT molecular complexity index is 2570. The Kier molecular flexibility index (Phi) is 9.88. The van der Waals surface area contributed by atoms with E-state index in [1.807, 2.05) is 23.0 Å². The minimum absolute atomic E-state index is 0.166. The van der Waals surface area contributed by atoms with Crippen LogP contribution < -0.4 is 21.2 Å². The quantitative estimate of drug-likeness (QED) is 0.168. The van der Waals surface area contributed by atoms with Gasteiger partial charge < -0.3 is 15.3 Å². The molecule has 3 aliphatic heterocycles. The molecule has 14 nitrogen and oxygen atoms in total. The van der Waals surface area contributed by atoms with Crippen LogP contribution in [0.25, 0.3) is 21.9 Å². The first-order valence-electron chi connectivity index (χ1n) is 20.7. The molecule has 3 saturated heterocycles. The Labute approximate surface area is 343 Å². The summed E-state index contributed by atoms with van der Waals surface area (Å²) in [4.78, 5) is 59.9. The van der Waals surface area contributed by atoms with Crippen LogP contribution in [0.2, 0.25) is 0 Å². The predicted octanol–water partition coefficient (Wildman–Crippen LogP) is 5.65. The van der Waals surface area contributed by atoms with Crippen LogP contribution in [0.4, 0.5) is 24.5 Å². The van der Waals surface area contributed by atoms with E-state index < -0.39 is 35.3 Å². The summed E-state index contributed by atoms with van der Waals surface area (Å²) in [5, 5.41) is 21.7. The number of para-hydroxylation sites is 1. The van der Waals surface area contributed by atoms with Gasteiger partial charge in [0.15, 0.2) is 0 Å². The van der Waals surface area contributed by atoms with Crippen LogP contribution >= 0.6 is 0 Å². The number of anilines is 2. The molecule has 1 unspecified atom stereocenters. The molecule has 316 valence electrons. The predicted molar refractivity (Wildman–Crippen MR) is 217 cm³/mol. The number of aliphatic hydroxyl groups is 1. The van der Waals surface area contributed by atoms with E-state index in [4.69, 9.17) is 5.10 Å². The van der Waals surface area contributed by atoms with Crippen molar-refractivity contribution in [2.45, 2.75) is 101 Å². The lowest BCUT2D eigenvalue weighted by molar-refractivity contribution is -0.141. The lowest BCUT2D eigenvalue weighted by atomic mass is 9.85. The molecular formula is C43H48F3N9O5. The minimum Gasteiger partial charge on any atom is -0.386 e. The molecule has 0 radical (unpaired) electrons. The molecule has 4 fully saturated rings. The highest BCUT2D eigenvalue weighted by atomic mass is 19.4. The molecule has 4 aliphatic rings. The molecule has 9 rings (SSSR count). The summed E-state index contributed by atoms with van der Waals surface area (Å²) in [7, 11) is 1.75. The van der Waals surface area contributed by atoms with Crippen molar-refractivity contribution in [2.24, 2.45) is 13.0 Å². The van der Waals surface area contributed by atoms with Gasteiger partial charge in [-0.15, -0.1) is 0 Å². The van der Waals surface area contributed by atoms with Crippen LogP contribution in [-0.2, 0) is 28.4 Å². The number of benzene rings is 2. The average molecular weight is 828 g/mol. The second kappa shape index (κ2) is 14.9. The van der Waals surface area contributed by atoms with Gasteiger partial charge in [0.05, 0.1) is 33.9 Å². The Morgan fingerprint density at radius 1 is 0.933 bits per heavy atom. The standard InChI is InChI=1S/C43H48F3N9O5/c1-42(2,60)29-19-31-25(18-32(29)48-39(57)30-6-4-9-36(47-30)43(44,45)46)21-54(50-31)26-12-10-24(11-13-26)20-53-27-14-15-28(53)23-52(22-27)33-7-5-8-34-38(33)51(3)41(59)55(34)35-16-17-37(56)49-40(35)58/h4-9,18-19,21,24,26-28,35,60H,10-17,20,22-23H2,1-3H3,(H,48,57)(H,49,56,58)/t24-,26-,27-,28+,35?. The van der Waals surface area contributed by atoms with Gasteiger partial charge in [0.1, 0.15) is 17.4 Å². The lowest BCUT2D eigenvalue weighted by Crippen LogP contribution is -2.55. The number of imidazole rings is 1. The van der Waals surface area contributed by atoms with Gasteiger partial charge in [-0.05, 0) is 101 Å². The number of aryl methyl sites for hydroxylation is 1. The smallest absolute Gasteiger partial charge is 0.386 e. The molecule has 3 amide bonds. The Hall–Kier alpha value is -5.55. The first-order valence-corrected chi connectivity index (χ1v) is 20.7. The molecule has 3 atom stereocenters. The van der Waals surface area contributed by atoms with Gasteiger partial charge in [-0.3, -0.25) is 38.4 Å². The lowest BCUT2D eigenvalue weighted by Gasteiger charge is -2.44. The van der Waals surface area contributed by atoms with Crippen molar-refractivity contribution in [1.82, 2.24) is 34.1 Å². The number of fused-ring (bicyclic) bond motifs is 4. The van der Waals surface area contributed by atoms with E-state index in [0.29, 0.717) is 41.0 Å². The summed E-state index contributed by atoms with van der Waals surface area (Å²) >= 11 is 0. The second-order valence-electron chi connectivity index (χ2n) is 17.5. The van der Waals surface area contributed by atoms with Gasteiger partial charge in [0.2, 0.25) is 11.8 Å². The van der Waals surface area contributed by atoms with Gasteiger partial charge in [-0.1, -0.05) is 12.1 Å². The number of pyridine rings is 1. The third-order valence-electron chi connectivity index (χ3n) is 13.1. The summed E-state index contributed by atoms with van der Waals surface area (Å²) < 4.78 is 45.0. The van der Waals surface area contributed by atoms with E-state index in [1.165, 1.54) is 6.07 Å². The summed E-state index contributed by atoms with van der Waals surface area (Å²) in [5.74, 6) is -1.05. The number of hydrogen-bond donors (Lipinski definition) is 3. The summed E-state index contributed by atoms with van der Waals surface area (Å²) in [6, 6.07) is 12.7. The number of imide groups is 1. The van der Waals surface area contributed by atoms with Crippen molar-refractivity contribution in [3.63, 3.8) is 0 Å². The molecule has 5 aromatic rings. The Morgan fingerprint density at radius 2 is 1.63 bits per heavy atom. The molecule has 1 saturated carbocycles. The number of alkyl halides is 3. The minimum atomic E-state index is -4.70. The number of piperazine rings is 1. The number of nitrogens with one attached hydrogen (secondary N) is 2. The highest BCUT2D eigenvalue weighted by Crippen LogP contribution is 2.40. The monoisotopic (exact) mass is 827 g/mol. The highest BCUT2D eigenvalue weighted by Gasteiger charge is 2.42. The number of amides is 3. The second-order valence-corrected chi connectivity index (χ2v) is 17.5. The summed E-state index contributed by atoms with van der Waals surface area (Å²) in [6.45, 7) is 5.85. The maximum Gasteiger partial charge on any atom is 0.433 e. The molecule has 3 N–H and O–H groups in total. The molecule has 2 bridgehead atoms. The molecule has 60 heavy (non-hydrogen) atoms. The highest BCUT2D eigenvalue weighted by molar-refractivity contribution is 6.04. The van der Waals surface area contributed by atoms with Crippen molar-refractivity contribution in [3.05, 3.63) is 82.2 Å². The number of hydrogen-bond acceptors (Lipinski definition) is 9. The number of aromatic nitrogens is 5. The molecule has 2 aromatic carbocycles. The molecule has 17 heteroatoms. The van der Waals surface area contributed by atoms with Crippen molar-refractivity contribution < 1.29 is 32.7 Å². The fraction of sp³-hybridized carbons (Fsp3) is 0.488. The molecule has 6 heterocycles. The number of rotatable bonds is 8. The van der Waals surface area contributed by atoms with Crippen LogP contribution in [0, 0.1) is 5.92 Å². The van der Waals surface area contributed by atoms with Crippen LogP contribution in [0.3, 0.4) is 0 Å². The zero-order valence-electron chi connectivity index (χ0n) is 33.7. The van der Waals surface area contributed by atoms with Crippen LogP contribution in [0.15, 0.2) is 59.5 Å². The molecule has 3 aromatic heterocycles. The van der Waals surface area contributed by atoms with Crippen LogP contribution in [0.1, 0.15) is 99.0 Å². The normalized spacial score (nSPS) is 24.1. The van der Waals surface area contributed by atoms with Gasteiger partial charge in [0, 0.05) is 68.0 Å². The Balaban J connectivity index is 0.862. The van der Waals surface area contributed by atoms with E-state index in [2.05, 4.69) is 31.5 Å². The SMILES string of the molecule is Cn1c(=O)n(C2CCC(=O)NC2=O)c2cccc(N3C[C@H]4CC[C@@H](C3)N4C[C@H]3CC[C@H](n4cc5cc(NC(=O)c6cccc(C(F)(F)F)n6)c(C(C)(C)O)cc5n4)CC3)c21. The average Bonchev–Trinajstić information content (AvgIpc) is 3.81. The summed E-state index contributed by atoms with van der Waals surface area (Å²) in [6.07, 6.45) is 3.89. The zero-order valence-corrected chi connectivity index (χ0v) is 33.7. The first-order chi connectivity index (χ1) is 28.5. The first kappa shape index (κ1) is 39.9. The number of carbonyl (C=O) groups excluding carboxylic acids is 3. The number of halogens is 3. The Morgan fingerprint density at radius 3 is 2.32 bits per heavy atom. The van der Waals surface area contributed by atoms with Crippen LogP contribution in [0.5, 0.6) is 0 Å². The van der Waals surface area contributed by atoms with Gasteiger partial charge in [-0.2, -0.15) is 18.3 Å². The van der Waals surface area contributed by atoms with Gasteiger partial charge >= 0.3 is 11.9 Å². The fourth-order valence-electron chi connectivity index (χ4n) is 10.1. The van der Waals surface area contributed by atoms with E-state index in [1.54, 1.807) is 42.2 Å². The van der Waals surface area contributed by atoms with Gasteiger partial charge in [0.25, 0.3) is 5.91 Å². The third-order valence-corrected chi connectivity index (χ3v) is 13.1. The topological polar surface area (TPSA) is 160 Å². The van der Waals surface area contributed by atoms with E-state index in [0.717, 1.165) is 86.9 Å². The van der Waals surface area contributed by atoms with E-state index in [9.17, 15) is 37.5 Å². The fourth-order valence-corrected chi connectivity index (χ4v) is 10.1. The molecule has 1 aliphatic carbocycles. The molecule has 0 spiro atoms. The van der Waals surface area contributed by atoms with E-state index >= 15 is 0 Å². The van der Waals surface area contributed by atoms with Crippen LogP contribution in [-0.4, -0.2) is 83.3 Å².